The molecule has 25 heavy (non-hydrogen) atoms. The molecule has 1 spiro atoms. The van der Waals surface area contributed by atoms with E-state index in [-0.39, 0.29) is 12.0 Å². The molecule has 0 aliphatic carbocycles. The number of amides is 2. The third-order valence-corrected chi connectivity index (χ3v) is 4.89. The second kappa shape index (κ2) is 5.95. The first-order valence-electron chi connectivity index (χ1n) is 8.44. The van der Waals surface area contributed by atoms with Crippen LogP contribution in [0.3, 0.4) is 0 Å². The highest BCUT2D eigenvalue weighted by Crippen LogP contribution is 2.32. The summed E-state index contributed by atoms with van der Waals surface area (Å²) in [5.74, 6) is 0.657. The molecule has 1 unspecified atom stereocenters. The van der Waals surface area contributed by atoms with Gasteiger partial charge in [-0.25, -0.2) is 4.79 Å². The van der Waals surface area contributed by atoms with E-state index in [1.165, 1.54) is 0 Å². The van der Waals surface area contributed by atoms with Gasteiger partial charge in [-0.3, -0.25) is 4.79 Å². The maximum atomic E-state index is 13.0. The Morgan fingerprint density at radius 2 is 2.08 bits per heavy atom. The molecule has 0 aromatic heterocycles. The van der Waals surface area contributed by atoms with Gasteiger partial charge in [-0.05, 0) is 31.1 Å². The van der Waals surface area contributed by atoms with Crippen molar-refractivity contribution in [3.8, 4) is 5.75 Å². The van der Waals surface area contributed by atoms with Crippen LogP contribution in [0.25, 0.3) is 6.08 Å². The summed E-state index contributed by atoms with van der Waals surface area (Å²) in [6, 6.07) is 7.59. The highest BCUT2D eigenvalue weighted by Gasteiger charge is 2.47. The van der Waals surface area contributed by atoms with Crippen LogP contribution >= 0.6 is 0 Å². The number of likely N-dealkylation sites (tertiary alicyclic amines) is 1. The first-order valence-corrected chi connectivity index (χ1v) is 8.44. The predicted octanol–water partition coefficient (Wildman–Crippen LogP) is 2.42. The Morgan fingerprint density at radius 1 is 1.24 bits per heavy atom. The largest absolute Gasteiger partial charge is 0.464 e. The Hall–Kier alpha value is -2.76. The standard InChI is InChI=1S/C19H20N2O4/c1-20-12-19(25-18(20)23)8-4-9-21(13-19)17(22)15-7-10-24-16-6-3-2-5-14(16)11-15/h2-3,5-7,10-11H,4,8-9,12-13H2,1H3. The second-order valence-corrected chi connectivity index (χ2v) is 6.80. The zero-order valence-electron chi connectivity index (χ0n) is 14.1. The fourth-order valence-corrected chi connectivity index (χ4v) is 3.69. The normalized spacial score (nSPS) is 25.2. The Bertz CT molecular complexity index is 785. The smallest absolute Gasteiger partial charge is 0.410 e. The summed E-state index contributed by atoms with van der Waals surface area (Å²) in [6.45, 7) is 1.61. The van der Waals surface area contributed by atoms with Gasteiger partial charge in [0, 0.05) is 24.7 Å². The summed E-state index contributed by atoms with van der Waals surface area (Å²) in [4.78, 5) is 28.1. The number of para-hydroxylation sites is 1. The van der Waals surface area contributed by atoms with E-state index >= 15 is 0 Å². The Morgan fingerprint density at radius 3 is 2.88 bits per heavy atom. The highest BCUT2D eigenvalue weighted by atomic mass is 16.6. The number of fused-ring (bicyclic) bond motifs is 1. The minimum Gasteiger partial charge on any atom is -0.464 e. The van der Waals surface area contributed by atoms with E-state index in [0.29, 0.717) is 25.2 Å². The van der Waals surface area contributed by atoms with Gasteiger partial charge in [0.1, 0.15) is 11.4 Å². The number of piperidine rings is 1. The molecule has 2 fully saturated rings. The fourth-order valence-electron chi connectivity index (χ4n) is 3.69. The molecule has 3 heterocycles. The van der Waals surface area contributed by atoms with Gasteiger partial charge < -0.3 is 19.3 Å². The molecule has 2 saturated heterocycles. The van der Waals surface area contributed by atoms with Gasteiger partial charge in [-0.2, -0.15) is 0 Å². The zero-order valence-corrected chi connectivity index (χ0v) is 14.1. The minimum atomic E-state index is -0.580. The maximum absolute atomic E-state index is 13.0. The number of rotatable bonds is 1. The van der Waals surface area contributed by atoms with Crippen LogP contribution in [0.1, 0.15) is 18.4 Å². The van der Waals surface area contributed by atoms with Crippen LogP contribution in [0.15, 0.2) is 42.2 Å². The topological polar surface area (TPSA) is 59.1 Å². The molecule has 0 bridgehead atoms. The van der Waals surface area contributed by atoms with Crippen molar-refractivity contribution in [1.29, 1.82) is 0 Å². The SMILES string of the molecule is CN1CC2(CCCN(C(=O)C3=Cc4ccccc4OC=C3)C2)OC1=O. The molecule has 1 atom stereocenters. The number of carbonyl (C=O) groups excluding carboxylic acids is 2. The summed E-state index contributed by atoms with van der Waals surface area (Å²) in [7, 11) is 1.72. The van der Waals surface area contributed by atoms with E-state index in [1.807, 2.05) is 30.3 Å². The number of likely N-dealkylation sites (N-methyl/N-ethyl adjacent to an activating group) is 1. The molecular weight excluding hydrogens is 320 g/mol. The molecule has 0 saturated carbocycles. The van der Waals surface area contributed by atoms with Crippen molar-refractivity contribution in [2.24, 2.45) is 0 Å². The summed E-state index contributed by atoms with van der Waals surface area (Å²) in [5.41, 5.74) is 0.859. The van der Waals surface area contributed by atoms with Crippen molar-refractivity contribution in [2.75, 3.05) is 26.7 Å². The number of nitrogens with zero attached hydrogens (tertiary/aromatic N) is 2. The molecule has 1 aromatic carbocycles. The molecule has 130 valence electrons. The van der Waals surface area contributed by atoms with Crippen LogP contribution in [0.2, 0.25) is 0 Å². The van der Waals surface area contributed by atoms with Gasteiger partial charge in [0.15, 0.2) is 0 Å². The second-order valence-electron chi connectivity index (χ2n) is 6.80. The molecule has 0 N–H and O–H groups in total. The first-order chi connectivity index (χ1) is 12.1. The summed E-state index contributed by atoms with van der Waals surface area (Å²) in [6.07, 6.45) is 6.36. The number of ether oxygens (including phenoxy) is 2. The molecule has 0 radical (unpaired) electrons. The zero-order chi connectivity index (χ0) is 17.4. The van der Waals surface area contributed by atoms with E-state index in [2.05, 4.69) is 0 Å². The van der Waals surface area contributed by atoms with Gasteiger partial charge in [0.25, 0.3) is 5.91 Å². The van der Waals surface area contributed by atoms with Crippen molar-refractivity contribution < 1.29 is 19.1 Å². The molecular formula is C19H20N2O4. The lowest BCUT2D eigenvalue weighted by Gasteiger charge is -2.38. The van der Waals surface area contributed by atoms with Crippen molar-refractivity contribution in [2.45, 2.75) is 18.4 Å². The monoisotopic (exact) mass is 340 g/mol. The van der Waals surface area contributed by atoms with E-state index in [9.17, 15) is 9.59 Å². The fraction of sp³-hybridized carbons (Fsp3) is 0.368. The lowest BCUT2D eigenvalue weighted by molar-refractivity contribution is -0.132. The Kier molecular flexibility index (Phi) is 3.75. The van der Waals surface area contributed by atoms with E-state index in [1.54, 1.807) is 29.2 Å². The van der Waals surface area contributed by atoms with Crippen molar-refractivity contribution in [3.63, 3.8) is 0 Å². The molecule has 1 aromatic rings. The third kappa shape index (κ3) is 2.88. The highest BCUT2D eigenvalue weighted by molar-refractivity contribution is 6.01. The first kappa shape index (κ1) is 15.7. The van der Waals surface area contributed by atoms with Crippen LogP contribution in [-0.2, 0) is 9.53 Å². The van der Waals surface area contributed by atoms with Crippen molar-refractivity contribution in [1.82, 2.24) is 9.80 Å². The van der Waals surface area contributed by atoms with Crippen LogP contribution in [0, 0.1) is 0 Å². The molecule has 4 rings (SSSR count). The molecule has 6 heteroatoms. The minimum absolute atomic E-state index is 0.0683. The number of hydrogen-bond donors (Lipinski definition) is 0. The van der Waals surface area contributed by atoms with Crippen LogP contribution in [0.4, 0.5) is 4.79 Å². The number of carbonyl (C=O) groups is 2. The van der Waals surface area contributed by atoms with Gasteiger partial charge in [0.05, 0.1) is 19.4 Å². The van der Waals surface area contributed by atoms with Gasteiger partial charge in [-0.1, -0.05) is 18.2 Å². The van der Waals surface area contributed by atoms with Crippen LogP contribution in [0.5, 0.6) is 5.75 Å². The molecule has 6 nitrogen and oxygen atoms in total. The molecule has 2 amide bonds. The quantitative estimate of drug-likeness (QED) is 0.788. The van der Waals surface area contributed by atoms with E-state index in [4.69, 9.17) is 9.47 Å². The average Bonchev–Trinajstić information content (AvgIpc) is 2.78. The predicted molar refractivity (Wildman–Crippen MR) is 91.8 cm³/mol. The van der Waals surface area contributed by atoms with Crippen LogP contribution in [-0.4, -0.2) is 54.1 Å². The van der Waals surface area contributed by atoms with Gasteiger partial charge in [-0.15, -0.1) is 0 Å². The summed E-state index contributed by atoms with van der Waals surface area (Å²) in [5, 5.41) is 0. The number of benzene rings is 1. The van der Waals surface area contributed by atoms with Gasteiger partial charge >= 0.3 is 6.09 Å². The average molecular weight is 340 g/mol. The molecule has 3 aliphatic rings. The van der Waals surface area contributed by atoms with Crippen molar-refractivity contribution >= 4 is 18.1 Å². The molecule has 3 aliphatic heterocycles. The third-order valence-electron chi connectivity index (χ3n) is 4.89. The lowest BCUT2D eigenvalue weighted by Crippen LogP contribution is -2.52. The van der Waals surface area contributed by atoms with E-state index in [0.717, 1.165) is 24.2 Å². The van der Waals surface area contributed by atoms with Crippen LogP contribution < -0.4 is 4.74 Å². The van der Waals surface area contributed by atoms with Gasteiger partial charge in [0.2, 0.25) is 0 Å². The maximum Gasteiger partial charge on any atom is 0.410 e. The van der Waals surface area contributed by atoms with Crippen molar-refractivity contribution in [3.05, 3.63) is 47.7 Å². The number of hydrogen-bond acceptors (Lipinski definition) is 4. The Balaban J connectivity index is 1.57. The summed E-state index contributed by atoms with van der Waals surface area (Å²) < 4.78 is 11.1. The van der Waals surface area contributed by atoms with E-state index < -0.39 is 5.60 Å². The Labute approximate surface area is 146 Å². The summed E-state index contributed by atoms with van der Waals surface area (Å²) >= 11 is 0. The lowest BCUT2D eigenvalue weighted by atomic mass is 9.92.